The third kappa shape index (κ3) is 2.91. The summed E-state index contributed by atoms with van der Waals surface area (Å²) in [5.41, 5.74) is -0.855. The summed E-state index contributed by atoms with van der Waals surface area (Å²) in [6.45, 7) is 2.77. The molecule has 8 nitrogen and oxygen atoms in total. The second-order valence-electron chi connectivity index (χ2n) is 6.87. The van der Waals surface area contributed by atoms with E-state index in [4.69, 9.17) is 4.74 Å². The Morgan fingerprint density at radius 1 is 1.48 bits per heavy atom. The van der Waals surface area contributed by atoms with Crippen molar-refractivity contribution in [1.82, 2.24) is 20.1 Å². The van der Waals surface area contributed by atoms with Crippen molar-refractivity contribution in [3.05, 3.63) is 16.6 Å². The number of hydrogen-bond acceptors (Lipinski definition) is 6. The average Bonchev–Trinajstić information content (AvgIpc) is 3.28. The fourth-order valence-corrected chi connectivity index (χ4v) is 4.13. The van der Waals surface area contributed by atoms with E-state index in [1.807, 2.05) is 5.38 Å². The van der Waals surface area contributed by atoms with Crippen molar-refractivity contribution in [2.45, 2.75) is 31.4 Å². The number of ether oxygens (including phenoxy) is 1. The van der Waals surface area contributed by atoms with Crippen LogP contribution in [0.25, 0.3) is 0 Å². The first kappa shape index (κ1) is 16.5. The Bertz CT molecular complexity index is 705. The largest absolute Gasteiger partial charge is 0.367 e. The standard InChI is InChI=1S/C16H20N4O4S/c1-16(10-2-3-10)14(22)20(15(23)18-16)9-12(21)19-5-6-24-11(8-19)13-17-4-7-25-13/h4,7,10-11H,2-3,5-6,8-9H2,1H3,(H,18,23). The molecule has 25 heavy (non-hydrogen) atoms. The van der Waals surface area contributed by atoms with Crippen LogP contribution in [0.2, 0.25) is 0 Å². The highest BCUT2D eigenvalue weighted by Crippen LogP contribution is 2.42. The van der Waals surface area contributed by atoms with Crippen LogP contribution in [0.3, 0.4) is 0 Å². The third-order valence-corrected chi connectivity index (χ3v) is 6.00. The van der Waals surface area contributed by atoms with E-state index < -0.39 is 11.6 Å². The first-order valence-corrected chi connectivity index (χ1v) is 9.30. The van der Waals surface area contributed by atoms with Gasteiger partial charge >= 0.3 is 6.03 Å². The van der Waals surface area contributed by atoms with Gasteiger partial charge in [0.05, 0.1) is 13.2 Å². The first-order valence-electron chi connectivity index (χ1n) is 8.42. The van der Waals surface area contributed by atoms with Gasteiger partial charge in [-0.1, -0.05) is 0 Å². The van der Waals surface area contributed by atoms with Crippen molar-refractivity contribution in [3.63, 3.8) is 0 Å². The lowest BCUT2D eigenvalue weighted by Crippen LogP contribution is -2.49. The van der Waals surface area contributed by atoms with Crippen molar-refractivity contribution in [3.8, 4) is 0 Å². The van der Waals surface area contributed by atoms with Gasteiger partial charge in [0.15, 0.2) is 0 Å². The van der Waals surface area contributed by atoms with Gasteiger partial charge in [0.2, 0.25) is 5.91 Å². The Labute approximate surface area is 149 Å². The summed E-state index contributed by atoms with van der Waals surface area (Å²) in [7, 11) is 0. The molecule has 1 saturated carbocycles. The topological polar surface area (TPSA) is 91.8 Å². The minimum absolute atomic E-state index is 0.182. The summed E-state index contributed by atoms with van der Waals surface area (Å²) in [5.74, 6) is -0.354. The third-order valence-electron chi connectivity index (χ3n) is 5.13. The van der Waals surface area contributed by atoms with Gasteiger partial charge < -0.3 is 15.0 Å². The highest BCUT2D eigenvalue weighted by Gasteiger charge is 2.56. The summed E-state index contributed by atoms with van der Waals surface area (Å²) in [4.78, 5) is 44.4. The maximum atomic E-state index is 12.6. The Morgan fingerprint density at radius 3 is 2.96 bits per heavy atom. The van der Waals surface area contributed by atoms with Crippen molar-refractivity contribution < 1.29 is 19.1 Å². The molecule has 0 spiro atoms. The van der Waals surface area contributed by atoms with Crippen molar-refractivity contribution in [1.29, 1.82) is 0 Å². The summed E-state index contributed by atoms with van der Waals surface area (Å²) in [5, 5.41) is 5.46. The molecule has 1 aromatic heterocycles. The molecule has 1 aliphatic carbocycles. The second kappa shape index (κ2) is 6.06. The molecular formula is C16H20N4O4S. The molecule has 1 aromatic rings. The van der Waals surface area contributed by atoms with Gasteiger partial charge in [-0.2, -0.15) is 0 Å². The quantitative estimate of drug-likeness (QED) is 0.797. The van der Waals surface area contributed by atoms with Crippen LogP contribution in [0.1, 0.15) is 30.9 Å². The number of carbonyl (C=O) groups is 3. The summed E-state index contributed by atoms with van der Waals surface area (Å²) in [6.07, 6.45) is 3.32. The van der Waals surface area contributed by atoms with Crippen molar-refractivity contribution >= 4 is 29.2 Å². The SMILES string of the molecule is CC1(C2CC2)NC(=O)N(CC(=O)N2CCOC(c3nccs3)C2)C1=O. The molecule has 4 rings (SSSR count). The van der Waals surface area contributed by atoms with Crippen LogP contribution in [0, 0.1) is 5.92 Å². The predicted molar refractivity (Wildman–Crippen MR) is 88.8 cm³/mol. The minimum Gasteiger partial charge on any atom is -0.367 e. The molecule has 3 aliphatic rings. The average molecular weight is 364 g/mol. The number of thiazole rings is 1. The number of nitrogens with one attached hydrogen (secondary N) is 1. The van der Waals surface area contributed by atoms with E-state index in [2.05, 4.69) is 10.3 Å². The molecule has 1 N–H and O–H groups in total. The number of morpholine rings is 1. The van der Waals surface area contributed by atoms with Crippen LogP contribution in [-0.2, 0) is 14.3 Å². The number of aromatic nitrogens is 1. The normalized spacial score (nSPS) is 29.9. The van der Waals surface area contributed by atoms with Gasteiger partial charge in [0.1, 0.15) is 23.2 Å². The van der Waals surface area contributed by atoms with Crippen LogP contribution >= 0.6 is 11.3 Å². The first-order chi connectivity index (χ1) is 12.0. The molecule has 2 atom stereocenters. The lowest BCUT2D eigenvalue weighted by molar-refractivity contribution is -0.143. The van der Waals surface area contributed by atoms with Gasteiger partial charge in [0, 0.05) is 18.1 Å². The van der Waals surface area contributed by atoms with Crippen molar-refractivity contribution in [2.75, 3.05) is 26.2 Å². The Balaban J connectivity index is 1.41. The monoisotopic (exact) mass is 364 g/mol. The zero-order valence-corrected chi connectivity index (χ0v) is 14.8. The van der Waals surface area contributed by atoms with E-state index in [0.29, 0.717) is 19.7 Å². The maximum Gasteiger partial charge on any atom is 0.325 e. The summed E-state index contributed by atoms with van der Waals surface area (Å²) < 4.78 is 5.68. The number of urea groups is 1. The highest BCUT2D eigenvalue weighted by atomic mass is 32.1. The number of hydrogen-bond donors (Lipinski definition) is 1. The highest BCUT2D eigenvalue weighted by molar-refractivity contribution is 7.09. The van der Waals surface area contributed by atoms with Crippen LogP contribution in [0.5, 0.6) is 0 Å². The van der Waals surface area contributed by atoms with Gasteiger partial charge in [-0.25, -0.2) is 9.78 Å². The Morgan fingerprint density at radius 2 is 2.28 bits per heavy atom. The fourth-order valence-electron chi connectivity index (χ4n) is 3.45. The van der Waals surface area contributed by atoms with Crippen molar-refractivity contribution in [2.24, 2.45) is 5.92 Å². The smallest absolute Gasteiger partial charge is 0.325 e. The van der Waals surface area contributed by atoms with Gasteiger partial charge in [-0.15, -0.1) is 11.3 Å². The molecule has 2 saturated heterocycles. The van der Waals surface area contributed by atoms with E-state index >= 15 is 0 Å². The van der Waals surface area contributed by atoms with E-state index in [1.165, 1.54) is 11.3 Å². The molecular weight excluding hydrogens is 344 g/mol. The Hall–Kier alpha value is -2.00. The molecule has 4 amide bonds. The Kier molecular flexibility index (Phi) is 3.99. The zero-order valence-electron chi connectivity index (χ0n) is 13.9. The summed E-state index contributed by atoms with van der Waals surface area (Å²) in [6, 6.07) is -0.475. The molecule has 2 aliphatic heterocycles. The number of carbonyl (C=O) groups excluding carboxylic acids is 3. The molecule has 134 valence electrons. The molecule has 0 bridgehead atoms. The zero-order chi connectivity index (χ0) is 17.6. The lowest BCUT2D eigenvalue weighted by atomic mass is 9.96. The van der Waals surface area contributed by atoms with Crippen LogP contribution in [-0.4, -0.2) is 64.4 Å². The van der Waals surface area contributed by atoms with E-state index in [0.717, 1.165) is 22.7 Å². The van der Waals surface area contributed by atoms with E-state index in [9.17, 15) is 14.4 Å². The van der Waals surface area contributed by atoms with Crippen LogP contribution < -0.4 is 5.32 Å². The maximum absolute atomic E-state index is 12.6. The summed E-state index contributed by atoms with van der Waals surface area (Å²) >= 11 is 1.48. The molecule has 0 aromatic carbocycles. The van der Waals surface area contributed by atoms with E-state index in [1.54, 1.807) is 18.0 Å². The van der Waals surface area contributed by atoms with Gasteiger partial charge in [-0.3, -0.25) is 14.5 Å². The van der Waals surface area contributed by atoms with Gasteiger partial charge in [-0.05, 0) is 25.7 Å². The van der Waals surface area contributed by atoms with Gasteiger partial charge in [0.25, 0.3) is 5.91 Å². The number of nitrogens with zero attached hydrogens (tertiary/aromatic N) is 3. The predicted octanol–water partition coefficient (Wildman–Crippen LogP) is 0.763. The molecule has 2 unspecified atom stereocenters. The molecule has 3 heterocycles. The number of rotatable bonds is 4. The number of amides is 4. The van der Waals surface area contributed by atoms with Crippen LogP contribution in [0.15, 0.2) is 11.6 Å². The van der Waals surface area contributed by atoms with E-state index in [-0.39, 0.29) is 30.4 Å². The van der Waals surface area contributed by atoms with Crippen LogP contribution in [0.4, 0.5) is 4.79 Å². The fraction of sp³-hybridized carbons (Fsp3) is 0.625. The molecule has 0 radical (unpaired) electrons. The second-order valence-corrected chi connectivity index (χ2v) is 7.79. The number of imide groups is 1. The minimum atomic E-state index is -0.855. The lowest BCUT2D eigenvalue weighted by Gasteiger charge is -2.32. The molecule has 9 heteroatoms. The molecule has 3 fully saturated rings.